The number of nitrogens with zero attached hydrogens (tertiary/aromatic N) is 1. The van der Waals surface area contributed by atoms with Crippen LogP contribution < -0.4 is 0 Å². The van der Waals surface area contributed by atoms with E-state index in [-0.39, 0.29) is 25.7 Å². The zero-order valence-electron chi connectivity index (χ0n) is 9.06. The maximum Gasteiger partial charge on any atom is 0.222 e. The summed E-state index contributed by atoms with van der Waals surface area (Å²) in [6, 6.07) is 0. The first kappa shape index (κ1) is 14.3. The molecule has 0 aliphatic carbocycles. The van der Waals surface area contributed by atoms with Gasteiger partial charge >= 0.3 is 0 Å². The second-order valence-corrected chi connectivity index (χ2v) is 3.36. The van der Waals surface area contributed by atoms with Crippen molar-refractivity contribution in [3.63, 3.8) is 0 Å². The molecule has 0 aliphatic rings. The third-order valence-electron chi connectivity index (χ3n) is 2.07. The van der Waals surface area contributed by atoms with Gasteiger partial charge in [-0.05, 0) is 19.3 Å². The third-order valence-corrected chi connectivity index (χ3v) is 2.07. The van der Waals surface area contributed by atoms with Gasteiger partial charge in [-0.1, -0.05) is 0 Å². The highest BCUT2D eigenvalue weighted by molar-refractivity contribution is 5.76. The number of amides is 1. The number of hydrogen-bond donors (Lipinski definition) is 3. The Balaban J connectivity index is 3.90. The summed E-state index contributed by atoms with van der Waals surface area (Å²) < 4.78 is 0. The van der Waals surface area contributed by atoms with Crippen LogP contribution in [0.2, 0.25) is 0 Å². The number of rotatable bonds is 9. The molecular formula is C10H21NO4. The van der Waals surface area contributed by atoms with Crippen LogP contribution in [0.1, 0.15) is 25.7 Å². The molecular weight excluding hydrogens is 198 g/mol. The van der Waals surface area contributed by atoms with Gasteiger partial charge in [0.15, 0.2) is 0 Å². The van der Waals surface area contributed by atoms with E-state index >= 15 is 0 Å². The number of aliphatic hydroxyl groups excluding tert-OH is 3. The fourth-order valence-electron chi connectivity index (χ4n) is 1.27. The molecule has 0 bridgehead atoms. The highest BCUT2D eigenvalue weighted by Gasteiger charge is 2.11. The molecule has 0 unspecified atom stereocenters. The van der Waals surface area contributed by atoms with Crippen molar-refractivity contribution in [2.75, 3.05) is 32.9 Å². The molecule has 0 aromatic rings. The molecule has 0 radical (unpaired) electrons. The molecule has 0 fully saturated rings. The average Bonchev–Trinajstić information content (AvgIpc) is 2.26. The predicted octanol–water partition coefficient (Wildman–Crippen LogP) is -0.648. The van der Waals surface area contributed by atoms with Crippen LogP contribution in [0.4, 0.5) is 0 Å². The van der Waals surface area contributed by atoms with Gasteiger partial charge in [0.1, 0.15) is 0 Å². The van der Waals surface area contributed by atoms with Crippen LogP contribution in [0, 0.1) is 0 Å². The van der Waals surface area contributed by atoms with Crippen LogP contribution in [0.3, 0.4) is 0 Å². The Morgan fingerprint density at radius 3 is 1.73 bits per heavy atom. The molecule has 1 amide bonds. The van der Waals surface area contributed by atoms with Crippen LogP contribution in [0.5, 0.6) is 0 Å². The molecule has 0 saturated carbocycles. The van der Waals surface area contributed by atoms with Gasteiger partial charge in [-0.25, -0.2) is 0 Å². The Hall–Kier alpha value is -0.650. The standard InChI is InChI=1S/C10H21NO4/c12-7-1-4-10(15)11(5-2-8-13)6-3-9-14/h12-14H,1-9H2. The minimum atomic E-state index is -0.0223. The lowest BCUT2D eigenvalue weighted by molar-refractivity contribution is -0.131. The van der Waals surface area contributed by atoms with Crippen molar-refractivity contribution in [2.24, 2.45) is 0 Å². The quantitative estimate of drug-likeness (QED) is 0.481. The maximum atomic E-state index is 11.6. The van der Waals surface area contributed by atoms with E-state index < -0.39 is 0 Å². The van der Waals surface area contributed by atoms with E-state index in [1.165, 1.54) is 0 Å². The fourth-order valence-corrected chi connectivity index (χ4v) is 1.27. The first-order valence-corrected chi connectivity index (χ1v) is 5.36. The Morgan fingerprint density at radius 1 is 0.867 bits per heavy atom. The van der Waals surface area contributed by atoms with Crippen LogP contribution in [-0.4, -0.2) is 59.0 Å². The summed E-state index contributed by atoms with van der Waals surface area (Å²) in [5.74, 6) is -0.0223. The minimum Gasteiger partial charge on any atom is -0.396 e. The first-order chi connectivity index (χ1) is 7.26. The molecule has 3 N–H and O–H groups in total. The summed E-state index contributed by atoms with van der Waals surface area (Å²) in [6.07, 6.45) is 1.90. The van der Waals surface area contributed by atoms with Crippen molar-refractivity contribution in [1.82, 2.24) is 4.90 Å². The van der Waals surface area contributed by atoms with E-state index in [1.54, 1.807) is 4.90 Å². The topological polar surface area (TPSA) is 81.0 Å². The van der Waals surface area contributed by atoms with Crippen LogP contribution >= 0.6 is 0 Å². The molecule has 0 aromatic carbocycles. The molecule has 0 spiro atoms. The van der Waals surface area contributed by atoms with Gasteiger partial charge in [0, 0.05) is 39.3 Å². The molecule has 0 saturated heterocycles. The number of carbonyl (C=O) groups excluding carboxylic acids is 1. The van der Waals surface area contributed by atoms with Gasteiger partial charge in [0.2, 0.25) is 5.91 Å². The zero-order valence-corrected chi connectivity index (χ0v) is 9.06. The maximum absolute atomic E-state index is 11.6. The van der Waals surface area contributed by atoms with E-state index in [0.29, 0.717) is 38.8 Å². The lowest BCUT2D eigenvalue weighted by atomic mass is 10.2. The van der Waals surface area contributed by atoms with Crippen molar-refractivity contribution in [1.29, 1.82) is 0 Å². The molecule has 0 aromatic heterocycles. The summed E-state index contributed by atoms with van der Waals surface area (Å²) in [4.78, 5) is 13.2. The van der Waals surface area contributed by atoms with Gasteiger partial charge in [0.25, 0.3) is 0 Å². The molecule has 0 aliphatic heterocycles. The Bertz CT molecular complexity index is 156. The number of aliphatic hydroxyl groups is 3. The van der Waals surface area contributed by atoms with E-state index in [1.807, 2.05) is 0 Å². The SMILES string of the molecule is O=C(CCCO)N(CCCO)CCCO. The normalized spacial score (nSPS) is 10.3. The van der Waals surface area contributed by atoms with Crippen molar-refractivity contribution in [3.05, 3.63) is 0 Å². The second-order valence-electron chi connectivity index (χ2n) is 3.36. The summed E-state index contributed by atoms with van der Waals surface area (Å²) >= 11 is 0. The molecule has 0 rings (SSSR count). The molecule has 15 heavy (non-hydrogen) atoms. The Morgan fingerprint density at radius 2 is 1.33 bits per heavy atom. The first-order valence-electron chi connectivity index (χ1n) is 5.36. The van der Waals surface area contributed by atoms with Crippen LogP contribution in [0.15, 0.2) is 0 Å². The predicted molar refractivity (Wildman–Crippen MR) is 56.3 cm³/mol. The second kappa shape index (κ2) is 9.89. The molecule has 90 valence electrons. The Labute approximate surface area is 90.3 Å². The lowest BCUT2D eigenvalue weighted by Crippen LogP contribution is -2.33. The lowest BCUT2D eigenvalue weighted by Gasteiger charge is -2.21. The summed E-state index contributed by atoms with van der Waals surface area (Å²) in [7, 11) is 0. The third kappa shape index (κ3) is 7.30. The summed E-state index contributed by atoms with van der Waals surface area (Å²) in [5, 5.41) is 25.9. The van der Waals surface area contributed by atoms with E-state index in [0.717, 1.165) is 0 Å². The molecule has 5 nitrogen and oxygen atoms in total. The van der Waals surface area contributed by atoms with Gasteiger partial charge in [-0.3, -0.25) is 4.79 Å². The van der Waals surface area contributed by atoms with E-state index in [9.17, 15) is 4.79 Å². The van der Waals surface area contributed by atoms with Crippen molar-refractivity contribution in [2.45, 2.75) is 25.7 Å². The number of carbonyl (C=O) groups is 1. The van der Waals surface area contributed by atoms with E-state index in [4.69, 9.17) is 15.3 Å². The average molecular weight is 219 g/mol. The van der Waals surface area contributed by atoms with Crippen LogP contribution in [0.25, 0.3) is 0 Å². The highest BCUT2D eigenvalue weighted by atomic mass is 16.3. The monoisotopic (exact) mass is 219 g/mol. The molecule has 5 heteroatoms. The smallest absolute Gasteiger partial charge is 0.222 e. The van der Waals surface area contributed by atoms with Gasteiger partial charge < -0.3 is 20.2 Å². The van der Waals surface area contributed by atoms with Crippen LogP contribution in [-0.2, 0) is 4.79 Å². The molecule has 0 heterocycles. The van der Waals surface area contributed by atoms with Gasteiger partial charge in [0.05, 0.1) is 0 Å². The minimum absolute atomic E-state index is 0.0135. The zero-order chi connectivity index (χ0) is 11.5. The van der Waals surface area contributed by atoms with Gasteiger partial charge in [-0.2, -0.15) is 0 Å². The van der Waals surface area contributed by atoms with Gasteiger partial charge in [-0.15, -0.1) is 0 Å². The largest absolute Gasteiger partial charge is 0.396 e. The summed E-state index contributed by atoms with van der Waals surface area (Å²) in [6.45, 7) is 1.16. The van der Waals surface area contributed by atoms with Crippen molar-refractivity contribution in [3.8, 4) is 0 Å². The fraction of sp³-hybridized carbons (Fsp3) is 0.900. The number of hydrogen-bond acceptors (Lipinski definition) is 4. The van der Waals surface area contributed by atoms with E-state index in [2.05, 4.69) is 0 Å². The Kier molecular flexibility index (Phi) is 9.46. The highest BCUT2D eigenvalue weighted by Crippen LogP contribution is 2.00. The van der Waals surface area contributed by atoms with Crippen molar-refractivity contribution < 1.29 is 20.1 Å². The molecule has 0 atom stereocenters. The summed E-state index contributed by atoms with van der Waals surface area (Å²) in [5.41, 5.74) is 0. The van der Waals surface area contributed by atoms with Crippen molar-refractivity contribution >= 4 is 5.91 Å².